The van der Waals surface area contributed by atoms with E-state index in [-0.39, 0.29) is 12.1 Å². The topological polar surface area (TPSA) is 48.1 Å². The Morgan fingerprint density at radius 1 is 1.24 bits per heavy atom. The number of aromatic nitrogens is 1. The minimum absolute atomic E-state index is 0.0567. The molecule has 2 rings (SSSR count). The number of rotatable bonds is 6. The highest BCUT2D eigenvalue weighted by molar-refractivity contribution is 7.99. The number of pyridine rings is 1. The molecule has 21 heavy (non-hydrogen) atoms. The molecule has 0 bridgehead atoms. The van der Waals surface area contributed by atoms with Crippen molar-refractivity contribution in [1.82, 2.24) is 4.98 Å². The van der Waals surface area contributed by atoms with Crippen LogP contribution in [0.2, 0.25) is 0 Å². The van der Waals surface area contributed by atoms with Crippen molar-refractivity contribution in [2.75, 3.05) is 5.75 Å². The summed E-state index contributed by atoms with van der Waals surface area (Å²) in [5.74, 6) is 1.59. The highest BCUT2D eigenvalue weighted by Crippen LogP contribution is 2.25. The summed E-state index contributed by atoms with van der Waals surface area (Å²) in [6.45, 7) is 6.10. The Hall–Kier alpha value is -1.52. The maximum Gasteiger partial charge on any atom is 0.138 e. The highest BCUT2D eigenvalue weighted by atomic mass is 32.2. The van der Waals surface area contributed by atoms with Crippen molar-refractivity contribution in [2.45, 2.75) is 37.8 Å². The van der Waals surface area contributed by atoms with E-state index in [0.29, 0.717) is 0 Å². The van der Waals surface area contributed by atoms with E-state index in [1.807, 2.05) is 26.1 Å². The maximum atomic E-state index is 6.26. The molecule has 0 saturated heterocycles. The van der Waals surface area contributed by atoms with Crippen molar-refractivity contribution in [3.05, 3.63) is 53.9 Å². The molecule has 0 spiro atoms. The Labute approximate surface area is 130 Å². The van der Waals surface area contributed by atoms with Gasteiger partial charge in [0, 0.05) is 22.9 Å². The van der Waals surface area contributed by atoms with Gasteiger partial charge in [-0.2, -0.15) is 0 Å². The average molecular weight is 302 g/mol. The van der Waals surface area contributed by atoms with Gasteiger partial charge in [0.15, 0.2) is 0 Å². The van der Waals surface area contributed by atoms with Crippen LogP contribution in [0.4, 0.5) is 0 Å². The van der Waals surface area contributed by atoms with Gasteiger partial charge in [-0.3, -0.25) is 4.98 Å². The third kappa shape index (κ3) is 5.06. The molecule has 0 saturated carbocycles. The van der Waals surface area contributed by atoms with Gasteiger partial charge in [-0.05, 0) is 44.5 Å². The summed E-state index contributed by atoms with van der Waals surface area (Å²) in [6, 6.07) is 10.4. The number of nitrogens with zero attached hydrogens (tertiary/aromatic N) is 1. The summed E-state index contributed by atoms with van der Waals surface area (Å²) in [4.78, 5) is 5.46. The summed E-state index contributed by atoms with van der Waals surface area (Å²) in [5.41, 5.74) is 8.54. The van der Waals surface area contributed by atoms with Gasteiger partial charge in [0.05, 0.1) is 12.3 Å². The predicted molar refractivity (Wildman–Crippen MR) is 88.8 cm³/mol. The fourth-order valence-corrected chi connectivity index (χ4v) is 2.97. The first-order valence-corrected chi connectivity index (χ1v) is 8.10. The van der Waals surface area contributed by atoms with Crippen LogP contribution in [0, 0.1) is 6.92 Å². The number of hydrogen-bond donors (Lipinski definition) is 1. The number of hydrogen-bond acceptors (Lipinski definition) is 4. The van der Waals surface area contributed by atoms with Gasteiger partial charge in [0.1, 0.15) is 5.75 Å². The highest BCUT2D eigenvalue weighted by Gasteiger charge is 2.09. The minimum atomic E-state index is -0.0567. The number of aryl methyl sites for hydroxylation is 1. The molecule has 2 N–H and O–H groups in total. The molecule has 2 aromatic rings. The smallest absolute Gasteiger partial charge is 0.138 e. The Morgan fingerprint density at radius 2 is 2.05 bits per heavy atom. The lowest BCUT2D eigenvalue weighted by molar-refractivity contribution is 0.241. The Morgan fingerprint density at radius 3 is 2.76 bits per heavy atom. The van der Waals surface area contributed by atoms with Crippen molar-refractivity contribution >= 4 is 11.8 Å². The van der Waals surface area contributed by atoms with Crippen LogP contribution in [-0.2, 0) is 0 Å². The van der Waals surface area contributed by atoms with Crippen molar-refractivity contribution in [3.63, 3.8) is 0 Å². The third-order valence-electron chi connectivity index (χ3n) is 2.95. The second kappa shape index (κ2) is 7.48. The summed E-state index contributed by atoms with van der Waals surface area (Å²) in [7, 11) is 0. The molecule has 0 amide bonds. The van der Waals surface area contributed by atoms with Crippen LogP contribution in [0.25, 0.3) is 0 Å². The van der Waals surface area contributed by atoms with Crippen LogP contribution in [0.15, 0.2) is 47.6 Å². The van der Waals surface area contributed by atoms with E-state index in [1.54, 1.807) is 18.0 Å². The first-order valence-electron chi connectivity index (χ1n) is 7.11. The first-order chi connectivity index (χ1) is 10.0. The molecular weight excluding hydrogens is 280 g/mol. The molecule has 4 heteroatoms. The van der Waals surface area contributed by atoms with Crippen molar-refractivity contribution < 1.29 is 4.74 Å². The van der Waals surface area contributed by atoms with Crippen LogP contribution in [0.5, 0.6) is 5.75 Å². The van der Waals surface area contributed by atoms with Gasteiger partial charge in [-0.15, -0.1) is 11.8 Å². The molecule has 3 nitrogen and oxygen atoms in total. The standard InChI is InChI=1S/C17H22N2OS/c1-12(2)20-15-8-14(9-19-10-15)17(18)11-21-16-6-4-5-13(3)7-16/h4-10,12,17H,11,18H2,1-3H3. The normalized spacial score (nSPS) is 12.4. The maximum absolute atomic E-state index is 6.26. The van der Waals surface area contributed by atoms with Crippen LogP contribution in [-0.4, -0.2) is 16.8 Å². The molecule has 1 heterocycles. The van der Waals surface area contributed by atoms with Crippen molar-refractivity contribution in [1.29, 1.82) is 0 Å². The van der Waals surface area contributed by atoms with Gasteiger partial charge in [-0.1, -0.05) is 17.7 Å². The Bertz CT molecular complexity index is 587. The molecule has 0 aliphatic carbocycles. The Kier molecular flexibility index (Phi) is 5.65. The van der Waals surface area contributed by atoms with E-state index >= 15 is 0 Å². The zero-order chi connectivity index (χ0) is 15.2. The zero-order valence-electron chi connectivity index (χ0n) is 12.7. The van der Waals surface area contributed by atoms with Gasteiger partial charge in [-0.25, -0.2) is 0 Å². The molecule has 0 aliphatic rings. The molecule has 1 unspecified atom stereocenters. The van der Waals surface area contributed by atoms with Crippen LogP contribution in [0.1, 0.15) is 31.0 Å². The number of benzene rings is 1. The molecule has 1 aromatic heterocycles. The van der Waals surface area contributed by atoms with Crippen molar-refractivity contribution in [2.24, 2.45) is 5.73 Å². The lowest BCUT2D eigenvalue weighted by atomic mass is 10.1. The van der Waals surface area contributed by atoms with E-state index in [4.69, 9.17) is 10.5 Å². The van der Waals surface area contributed by atoms with Gasteiger partial charge in [0.25, 0.3) is 0 Å². The van der Waals surface area contributed by atoms with E-state index in [1.165, 1.54) is 10.5 Å². The number of nitrogens with two attached hydrogens (primary N) is 1. The van der Waals surface area contributed by atoms with E-state index in [0.717, 1.165) is 17.1 Å². The molecule has 0 fully saturated rings. The van der Waals surface area contributed by atoms with Crippen molar-refractivity contribution in [3.8, 4) is 5.75 Å². The second-order valence-corrected chi connectivity index (χ2v) is 6.45. The summed E-state index contributed by atoms with van der Waals surface area (Å²) >= 11 is 1.76. The molecule has 112 valence electrons. The summed E-state index contributed by atoms with van der Waals surface area (Å²) < 4.78 is 5.66. The van der Waals surface area contributed by atoms with Crippen LogP contribution < -0.4 is 10.5 Å². The van der Waals surface area contributed by atoms with Gasteiger partial charge >= 0.3 is 0 Å². The molecule has 1 aromatic carbocycles. The second-order valence-electron chi connectivity index (χ2n) is 5.35. The number of ether oxygens (including phenoxy) is 1. The van der Waals surface area contributed by atoms with Gasteiger partial charge in [0.2, 0.25) is 0 Å². The van der Waals surface area contributed by atoms with Gasteiger partial charge < -0.3 is 10.5 Å². The molecule has 0 aliphatic heterocycles. The zero-order valence-corrected chi connectivity index (χ0v) is 13.6. The van der Waals surface area contributed by atoms with Crippen LogP contribution >= 0.6 is 11.8 Å². The third-order valence-corrected chi connectivity index (χ3v) is 4.07. The quantitative estimate of drug-likeness (QED) is 0.820. The largest absolute Gasteiger partial charge is 0.489 e. The van der Waals surface area contributed by atoms with Crippen LogP contribution in [0.3, 0.4) is 0 Å². The fourth-order valence-electron chi connectivity index (χ4n) is 1.96. The molecular formula is C17H22N2OS. The Balaban J connectivity index is 1.98. The monoisotopic (exact) mass is 302 g/mol. The van der Waals surface area contributed by atoms with E-state index in [9.17, 15) is 0 Å². The minimum Gasteiger partial charge on any atom is -0.489 e. The lowest BCUT2D eigenvalue weighted by Gasteiger charge is -2.14. The molecule has 1 atom stereocenters. The first kappa shape index (κ1) is 15.9. The SMILES string of the molecule is Cc1cccc(SCC(N)c2cncc(OC(C)C)c2)c1. The molecule has 0 radical (unpaired) electrons. The van der Waals surface area contributed by atoms with E-state index in [2.05, 4.69) is 36.2 Å². The predicted octanol–water partition coefficient (Wildman–Crippen LogP) is 3.97. The lowest BCUT2D eigenvalue weighted by Crippen LogP contribution is -2.14. The summed E-state index contributed by atoms with van der Waals surface area (Å²) in [5, 5.41) is 0. The summed E-state index contributed by atoms with van der Waals surface area (Å²) in [6.07, 6.45) is 3.68. The number of thioether (sulfide) groups is 1. The fraction of sp³-hybridized carbons (Fsp3) is 0.353. The average Bonchev–Trinajstić information content (AvgIpc) is 2.44. The van der Waals surface area contributed by atoms with E-state index < -0.39 is 0 Å².